The largest absolute Gasteiger partial charge is 0.462 e. The molecule has 0 aromatic heterocycles. The topological polar surface area (TPSA) is 50.1 Å². The molecule has 0 saturated heterocycles. The van der Waals surface area contributed by atoms with E-state index in [1.54, 1.807) is 19.1 Å². The molecule has 0 fully saturated rings. The number of rotatable bonds is 2. The van der Waals surface area contributed by atoms with E-state index in [0.29, 0.717) is 26.2 Å². The monoisotopic (exact) mass is 333 g/mol. The van der Waals surface area contributed by atoms with E-state index in [0.717, 1.165) is 0 Å². The van der Waals surface area contributed by atoms with Crippen molar-refractivity contribution in [2.45, 2.75) is 11.8 Å². The Balaban J connectivity index is 3.17. The van der Waals surface area contributed by atoms with Crippen molar-refractivity contribution in [1.82, 2.24) is 0 Å². The highest BCUT2D eigenvalue weighted by molar-refractivity contribution is 14.1. The smallest absolute Gasteiger partial charge is 0.339 e. The minimum absolute atomic E-state index is 0.330. The standard InChI is InChI=1S/C10H8INO2S/c1-2-14-10(13)7-4-9(15)6(5-12)3-8(7)11/h3-4,15H,2H2,1H3. The first-order valence-corrected chi connectivity index (χ1v) is 5.72. The van der Waals surface area contributed by atoms with Crippen LogP contribution in [0.2, 0.25) is 0 Å². The van der Waals surface area contributed by atoms with Crippen LogP contribution < -0.4 is 0 Å². The van der Waals surface area contributed by atoms with Gasteiger partial charge in [-0.2, -0.15) is 5.26 Å². The number of halogens is 1. The number of nitriles is 1. The van der Waals surface area contributed by atoms with Crippen molar-refractivity contribution < 1.29 is 9.53 Å². The van der Waals surface area contributed by atoms with Crippen molar-refractivity contribution in [2.75, 3.05) is 6.61 Å². The summed E-state index contributed by atoms with van der Waals surface area (Å²) in [4.78, 5) is 12.0. The van der Waals surface area contributed by atoms with Crippen LogP contribution in [0.1, 0.15) is 22.8 Å². The summed E-state index contributed by atoms with van der Waals surface area (Å²) in [5.74, 6) is -0.387. The van der Waals surface area contributed by atoms with Gasteiger partial charge in [0.25, 0.3) is 0 Å². The van der Waals surface area contributed by atoms with E-state index < -0.39 is 0 Å². The highest BCUT2D eigenvalue weighted by Gasteiger charge is 2.13. The average Bonchev–Trinajstić information content (AvgIpc) is 2.21. The molecule has 1 aromatic carbocycles. The van der Waals surface area contributed by atoms with E-state index in [4.69, 9.17) is 10.00 Å². The number of nitrogens with zero attached hydrogens (tertiary/aromatic N) is 1. The lowest BCUT2D eigenvalue weighted by molar-refractivity contribution is 0.0525. The second-order valence-corrected chi connectivity index (χ2v) is 4.33. The summed E-state index contributed by atoms with van der Waals surface area (Å²) in [5.41, 5.74) is 0.900. The molecule has 0 aliphatic carbocycles. The van der Waals surface area contributed by atoms with Crippen LogP contribution in [0, 0.1) is 14.9 Å². The van der Waals surface area contributed by atoms with Crippen molar-refractivity contribution in [3.8, 4) is 6.07 Å². The number of thiol groups is 1. The summed E-state index contributed by atoms with van der Waals surface area (Å²) in [5, 5.41) is 8.76. The van der Waals surface area contributed by atoms with Gasteiger partial charge in [-0.15, -0.1) is 12.6 Å². The summed E-state index contributed by atoms with van der Waals surface area (Å²) in [7, 11) is 0. The number of ether oxygens (including phenoxy) is 1. The molecular formula is C10H8INO2S. The molecule has 0 bridgehead atoms. The number of benzene rings is 1. The Labute approximate surface area is 107 Å². The molecule has 0 spiro atoms. The highest BCUT2D eigenvalue weighted by atomic mass is 127. The maximum Gasteiger partial charge on any atom is 0.339 e. The Kier molecular flexibility index (Phi) is 4.42. The van der Waals surface area contributed by atoms with Crippen LogP contribution in [0.4, 0.5) is 0 Å². The summed E-state index contributed by atoms with van der Waals surface area (Å²) in [6, 6.07) is 5.18. The molecule has 0 unspecified atom stereocenters. The van der Waals surface area contributed by atoms with Crippen LogP contribution in [-0.4, -0.2) is 12.6 Å². The van der Waals surface area contributed by atoms with Crippen molar-refractivity contribution in [2.24, 2.45) is 0 Å². The third-order valence-corrected chi connectivity index (χ3v) is 2.96. The van der Waals surface area contributed by atoms with Gasteiger partial charge in [-0.05, 0) is 41.6 Å². The number of esters is 1. The quantitative estimate of drug-likeness (QED) is 0.514. The molecule has 1 aromatic rings. The minimum Gasteiger partial charge on any atom is -0.462 e. The first-order chi connectivity index (χ1) is 7.10. The van der Waals surface area contributed by atoms with Crippen LogP contribution in [0.15, 0.2) is 17.0 Å². The Morgan fingerprint density at radius 2 is 2.33 bits per heavy atom. The molecule has 0 atom stereocenters. The predicted molar refractivity (Wildman–Crippen MR) is 67.1 cm³/mol. The van der Waals surface area contributed by atoms with Crippen LogP contribution in [0.25, 0.3) is 0 Å². The van der Waals surface area contributed by atoms with Crippen molar-refractivity contribution in [3.05, 3.63) is 26.8 Å². The van der Waals surface area contributed by atoms with Gasteiger partial charge < -0.3 is 4.74 Å². The molecule has 15 heavy (non-hydrogen) atoms. The molecular weight excluding hydrogens is 325 g/mol. The molecule has 5 heteroatoms. The number of carbonyl (C=O) groups is 1. The fourth-order valence-corrected chi connectivity index (χ4v) is 1.95. The van der Waals surface area contributed by atoms with Crippen LogP contribution in [-0.2, 0) is 4.74 Å². The average molecular weight is 333 g/mol. The maximum absolute atomic E-state index is 11.5. The van der Waals surface area contributed by atoms with Crippen molar-refractivity contribution >= 4 is 41.2 Å². The van der Waals surface area contributed by atoms with E-state index >= 15 is 0 Å². The van der Waals surface area contributed by atoms with Gasteiger partial charge >= 0.3 is 5.97 Å². The molecule has 78 valence electrons. The zero-order valence-electron chi connectivity index (χ0n) is 7.95. The third-order valence-electron chi connectivity index (χ3n) is 1.70. The summed E-state index contributed by atoms with van der Waals surface area (Å²) >= 11 is 6.12. The fraction of sp³-hybridized carbons (Fsp3) is 0.200. The van der Waals surface area contributed by atoms with E-state index in [9.17, 15) is 4.79 Å². The predicted octanol–water partition coefficient (Wildman–Crippen LogP) is 2.63. The zero-order valence-corrected chi connectivity index (χ0v) is 11.0. The van der Waals surface area contributed by atoms with Crippen molar-refractivity contribution in [1.29, 1.82) is 5.26 Å². The van der Waals surface area contributed by atoms with E-state index in [1.807, 2.05) is 28.7 Å². The Hall–Kier alpha value is -0.740. The Morgan fingerprint density at radius 3 is 2.87 bits per heavy atom. The van der Waals surface area contributed by atoms with E-state index in [-0.39, 0.29) is 5.97 Å². The van der Waals surface area contributed by atoms with Gasteiger partial charge in [-0.25, -0.2) is 4.79 Å². The summed E-state index contributed by atoms with van der Waals surface area (Å²) < 4.78 is 5.57. The van der Waals surface area contributed by atoms with Crippen LogP contribution in [0.5, 0.6) is 0 Å². The van der Waals surface area contributed by atoms with E-state index in [2.05, 4.69) is 12.6 Å². The molecule has 0 radical (unpaired) electrons. The number of hydrogen-bond acceptors (Lipinski definition) is 4. The van der Waals surface area contributed by atoms with Crippen LogP contribution >= 0.6 is 35.2 Å². The molecule has 0 heterocycles. The van der Waals surface area contributed by atoms with Crippen LogP contribution in [0.3, 0.4) is 0 Å². The van der Waals surface area contributed by atoms with Gasteiger partial charge in [-0.1, -0.05) is 0 Å². The lowest BCUT2D eigenvalue weighted by atomic mass is 10.1. The SMILES string of the molecule is CCOC(=O)c1cc(S)c(C#N)cc1I. The molecule has 0 amide bonds. The zero-order chi connectivity index (χ0) is 11.4. The van der Waals surface area contributed by atoms with Crippen molar-refractivity contribution in [3.63, 3.8) is 0 Å². The molecule has 0 aliphatic heterocycles. The minimum atomic E-state index is -0.387. The lowest BCUT2D eigenvalue weighted by Crippen LogP contribution is -2.07. The lowest BCUT2D eigenvalue weighted by Gasteiger charge is -2.06. The number of hydrogen-bond donors (Lipinski definition) is 1. The second-order valence-electron chi connectivity index (χ2n) is 2.68. The normalized spacial score (nSPS) is 9.47. The van der Waals surface area contributed by atoms with E-state index in [1.165, 1.54) is 0 Å². The van der Waals surface area contributed by atoms with Gasteiger partial charge in [-0.3, -0.25) is 0 Å². The second kappa shape index (κ2) is 5.37. The highest BCUT2D eigenvalue weighted by Crippen LogP contribution is 2.21. The molecule has 1 rings (SSSR count). The summed E-state index contributed by atoms with van der Waals surface area (Å²) in [6.45, 7) is 2.08. The van der Waals surface area contributed by atoms with Gasteiger partial charge in [0.1, 0.15) is 6.07 Å². The third kappa shape index (κ3) is 2.86. The fourth-order valence-electron chi connectivity index (χ4n) is 1.02. The summed E-state index contributed by atoms with van der Waals surface area (Å²) in [6.07, 6.45) is 0. The first kappa shape index (κ1) is 12.3. The maximum atomic E-state index is 11.5. The van der Waals surface area contributed by atoms with Gasteiger partial charge in [0.2, 0.25) is 0 Å². The number of carbonyl (C=O) groups excluding carboxylic acids is 1. The van der Waals surface area contributed by atoms with Gasteiger partial charge in [0.15, 0.2) is 0 Å². The Morgan fingerprint density at radius 1 is 1.67 bits per heavy atom. The first-order valence-electron chi connectivity index (χ1n) is 4.19. The molecule has 3 nitrogen and oxygen atoms in total. The molecule has 0 aliphatic rings. The van der Waals surface area contributed by atoms with Gasteiger partial charge in [0, 0.05) is 8.47 Å². The molecule has 0 N–H and O–H groups in total. The molecule has 0 saturated carbocycles. The Bertz CT molecular complexity index is 440. The van der Waals surface area contributed by atoms with Gasteiger partial charge in [0.05, 0.1) is 17.7 Å².